The van der Waals surface area contributed by atoms with Crippen LogP contribution in [-0.2, 0) is 10.0 Å². The molecule has 1 N–H and O–H groups in total. The minimum atomic E-state index is -4.03. The summed E-state index contributed by atoms with van der Waals surface area (Å²) in [4.78, 5) is 9.55. The van der Waals surface area contributed by atoms with Crippen LogP contribution in [0.25, 0.3) is 0 Å². The third-order valence-corrected chi connectivity index (χ3v) is 5.32. The number of likely N-dealkylation sites (N-methyl/N-ethyl adjacent to an activating group) is 1. The van der Waals surface area contributed by atoms with Gasteiger partial charge >= 0.3 is 0 Å². The van der Waals surface area contributed by atoms with Crippen molar-refractivity contribution < 1.29 is 17.7 Å². The summed E-state index contributed by atoms with van der Waals surface area (Å²) in [6.45, 7) is 1.05. The minimum absolute atomic E-state index is 0.0317. The first-order chi connectivity index (χ1) is 9.82. The summed E-state index contributed by atoms with van der Waals surface area (Å²) < 4.78 is 39.0. The molecule has 0 radical (unpaired) electrons. The zero-order valence-electron chi connectivity index (χ0n) is 11.5. The second kappa shape index (κ2) is 6.04. The van der Waals surface area contributed by atoms with Gasteiger partial charge in [0.05, 0.1) is 11.0 Å². The molecule has 7 nitrogen and oxygen atoms in total. The molecule has 1 fully saturated rings. The van der Waals surface area contributed by atoms with Crippen molar-refractivity contribution >= 4 is 15.7 Å². The van der Waals surface area contributed by atoms with Gasteiger partial charge in [-0.2, -0.15) is 4.31 Å². The molecule has 1 unspecified atom stereocenters. The van der Waals surface area contributed by atoms with E-state index in [-0.39, 0.29) is 12.6 Å². The summed E-state index contributed by atoms with van der Waals surface area (Å²) in [7, 11) is -2.67. The molecule has 0 bridgehead atoms. The molecule has 0 spiro atoms. The topological polar surface area (TPSA) is 92.6 Å². The average molecular weight is 317 g/mol. The van der Waals surface area contributed by atoms with Crippen molar-refractivity contribution in [1.29, 1.82) is 0 Å². The van der Waals surface area contributed by atoms with E-state index in [1.54, 1.807) is 0 Å². The normalized spacial score (nSPS) is 19.1. The quantitative estimate of drug-likeness (QED) is 0.648. The third-order valence-electron chi connectivity index (χ3n) is 3.45. The number of sulfonamides is 1. The maximum atomic E-state index is 13.1. The Labute approximate surface area is 122 Å². The van der Waals surface area contributed by atoms with E-state index in [0.29, 0.717) is 6.07 Å². The number of nitrogens with one attached hydrogen (secondary N) is 1. The van der Waals surface area contributed by atoms with Gasteiger partial charge in [0.2, 0.25) is 10.0 Å². The zero-order valence-corrected chi connectivity index (χ0v) is 12.3. The molecular weight excluding hydrogens is 301 g/mol. The summed E-state index contributed by atoms with van der Waals surface area (Å²) >= 11 is 0. The van der Waals surface area contributed by atoms with Gasteiger partial charge in [0.25, 0.3) is 5.69 Å². The van der Waals surface area contributed by atoms with Gasteiger partial charge in [-0.15, -0.1) is 0 Å². The maximum absolute atomic E-state index is 13.1. The maximum Gasteiger partial charge on any atom is 0.292 e. The first-order valence-corrected chi connectivity index (χ1v) is 7.90. The van der Waals surface area contributed by atoms with E-state index in [1.165, 1.54) is 7.05 Å². The van der Waals surface area contributed by atoms with Crippen LogP contribution in [0.1, 0.15) is 12.8 Å². The van der Waals surface area contributed by atoms with Crippen molar-refractivity contribution in [3.8, 4) is 0 Å². The Balaban J connectivity index is 2.32. The molecular formula is C12H16FN3O4S. The molecule has 1 atom stereocenters. The van der Waals surface area contributed by atoms with Gasteiger partial charge in [-0.25, -0.2) is 12.8 Å². The van der Waals surface area contributed by atoms with Crippen LogP contribution in [-0.4, -0.2) is 43.8 Å². The fourth-order valence-electron chi connectivity index (χ4n) is 2.34. The minimum Gasteiger partial charge on any atom is -0.313 e. The highest BCUT2D eigenvalue weighted by molar-refractivity contribution is 7.89. The van der Waals surface area contributed by atoms with Gasteiger partial charge in [-0.3, -0.25) is 10.1 Å². The molecule has 1 saturated heterocycles. The lowest BCUT2D eigenvalue weighted by Crippen LogP contribution is -2.38. The second-order valence-electron chi connectivity index (χ2n) is 4.95. The molecule has 21 heavy (non-hydrogen) atoms. The Bertz CT molecular complexity index is 644. The summed E-state index contributed by atoms with van der Waals surface area (Å²) in [6, 6.07) is 2.49. The summed E-state index contributed by atoms with van der Waals surface area (Å²) in [6.07, 6.45) is 1.82. The lowest BCUT2D eigenvalue weighted by Gasteiger charge is -2.20. The Morgan fingerprint density at radius 3 is 2.81 bits per heavy atom. The van der Waals surface area contributed by atoms with Gasteiger partial charge in [-0.1, -0.05) is 0 Å². The van der Waals surface area contributed by atoms with Crippen molar-refractivity contribution in [3.05, 3.63) is 34.1 Å². The van der Waals surface area contributed by atoms with E-state index < -0.39 is 31.3 Å². The molecule has 2 rings (SSSR count). The Morgan fingerprint density at radius 2 is 2.24 bits per heavy atom. The van der Waals surface area contributed by atoms with E-state index in [2.05, 4.69) is 5.32 Å². The highest BCUT2D eigenvalue weighted by Crippen LogP contribution is 2.27. The van der Waals surface area contributed by atoms with Crippen LogP contribution in [0.3, 0.4) is 0 Å². The number of nitrogens with zero attached hydrogens (tertiary/aromatic N) is 2. The van der Waals surface area contributed by atoms with E-state index in [9.17, 15) is 22.9 Å². The molecule has 1 aromatic carbocycles. The van der Waals surface area contributed by atoms with Crippen LogP contribution >= 0.6 is 0 Å². The van der Waals surface area contributed by atoms with Crippen LogP contribution < -0.4 is 5.32 Å². The fraction of sp³-hybridized carbons (Fsp3) is 0.500. The molecule has 0 aliphatic carbocycles. The Morgan fingerprint density at radius 1 is 1.52 bits per heavy atom. The van der Waals surface area contributed by atoms with Crippen LogP contribution in [0.4, 0.5) is 10.1 Å². The Kier molecular flexibility index (Phi) is 4.55. The molecule has 0 amide bonds. The number of nitro groups is 1. The number of hydrogen-bond acceptors (Lipinski definition) is 5. The molecule has 0 saturated carbocycles. The fourth-order valence-corrected chi connectivity index (χ4v) is 3.69. The van der Waals surface area contributed by atoms with Crippen molar-refractivity contribution in [2.75, 3.05) is 20.1 Å². The van der Waals surface area contributed by atoms with Crippen LogP contribution in [0.15, 0.2) is 23.1 Å². The largest absolute Gasteiger partial charge is 0.313 e. The van der Waals surface area contributed by atoms with E-state index in [4.69, 9.17) is 0 Å². The van der Waals surface area contributed by atoms with E-state index in [1.807, 2.05) is 0 Å². The van der Waals surface area contributed by atoms with Crippen LogP contribution in [0.2, 0.25) is 0 Å². The van der Waals surface area contributed by atoms with Crippen LogP contribution in [0.5, 0.6) is 0 Å². The van der Waals surface area contributed by atoms with Gasteiger partial charge < -0.3 is 5.32 Å². The smallest absolute Gasteiger partial charge is 0.292 e. The van der Waals surface area contributed by atoms with Gasteiger partial charge in [-0.05, 0) is 31.5 Å². The second-order valence-corrected chi connectivity index (χ2v) is 6.96. The lowest BCUT2D eigenvalue weighted by atomic mass is 10.2. The molecule has 1 aromatic rings. The van der Waals surface area contributed by atoms with Crippen molar-refractivity contribution in [3.63, 3.8) is 0 Å². The SMILES string of the molecule is CN(CC1CCCN1)S(=O)(=O)c1ccc(F)cc1[N+](=O)[O-]. The zero-order chi connectivity index (χ0) is 15.6. The van der Waals surface area contributed by atoms with Crippen molar-refractivity contribution in [2.45, 2.75) is 23.8 Å². The number of benzene rings is 1. The molecule has 116 valence electrons. The predicted molar refractivity (Wildman–Crippen MR) is 73.9 cm³/mol. The number of hydrogen-bond donors (Lipinski definition) is 1. The number of nitro benzene ring substituents is 1. The highest BCUT2D eigenvalue weighted by Gasteiger charge is 2.31. The average Bonchev–Trinajstić information content (AvgIpc) is 2.91. The molecule has 1 aliphatic heterocycles. The van der Waals surface area contributed by atoms with Crippen LogP contribution in [0, 0.1) is 15.9 Å². The van der Waals surface area contributed by atoms with E-state index >= 15 is 0 Å². The monoisotopic (exact) mass is 317 g/mol. The van der Waals surface area contributed by atoms with Gasteiger partial charge in [0.1, 0.15) is 5.82 Å². The third kappa shape index (κ3) is 3.36. The lowest BCUT2D eigenvalue weighted by molar-refractivity contribution is -0.388. The number of rotatable bonds is 5. The van der Waals surface area contributed by atoms with Gasteiger partial charge in [0, 0.05) is 19.6 Å². The molecule has 0 aromatic heterocycles. The van der Waals surface area contributed by atoms with Gasteiger partial charge in [0.15, 0.2) is 4.90 Å². The molecule has 9 heteroatoms. The summed E-state index contributed by atoms with van der Waals surface area (Å²) in [5, 5.41) is 14.1. The highest BCUT2D eigenvalue weighted by atomic mass is 32.2. The standard InChI is InChI=1S/C12H16FN3O4S/c1-15(8-10-3-2-6-14-10)21(19,20)12-5-4-9(13)7-11(12)16(17)18/h4-5,7,10,14H,2-3,6,8H2,1H3. The molecule has 1 heterocycles. The predicted octanol–water partition coefficient (Wildman–Crippen LogP) is 1.11. The first kappa shape index (κ1) is 15.8. The Hall–Kier alpha value is -1.58. The van der Waals surface area contributed by atoms with Crippen molar-refractivity contribution in [1.82, 2.24) is 9.62 Å². The summed E-state index contributed by atoms with van der Waals surface area (Å²) in [5.41, 5.74) is -0.749. The molecule has 1 aliphatic rings. The van der Waals surface area contributed by atoms with E-state index in [0.717, 1.165) is 35.8 Å². The van der Waals surface area contributed by atoms with Crippen molar-refractivity contribution in [2.24, 2.45) is 0 Å². The first-order valence-electron chi connectivity index (χ1n) is 6.46. The summed E-state index contributed by atoms with van der Waals surface area (Å²) in [5.74, 6) is -0.847. The number of halogens is 1.